The molecule has 1 fully saturated rings. The highest BCUT2D eigenvalue weighted by Crippen LogP contribution is 2.30. The van der Waals surface area contributed by atoms with Crippen LogP contribution in [0.3, 0.4) is 0 Å². The highest BCUT2D eigenvalue weighted by molar-refractivity contribution is 5.70. The minimum absolute atomic E-state index is 0.198. The molecule has 1 aliphatic rings. The molecule has 0 saturated heterocycles. The van der Waals surface area contributed by atoms with Gasteiger partial charge in [0.25, 0.3) is 0 Å². The zero-order valence-electron chi connectivity index (χ0n) is 10.1. The molecular weight excluding hydrogens is 218 g/mol. The van der Waals surface area contributed by atoms with Gasteiger partial charge in [-0.25, -0.2) is 4.98 Å². The lowest BCUT2D eigenvalue weighted by Gasteiger charge is -2.28. The van der Waals surface area contributed by atoms with Crippen molar-refractivity contribution in [2.24, 2.45) is 18.9 Å². The third-order valence-corrected chi connectivity index (χ3v) is 3.57. The van der Waals surface area contributed by atoms with Gasteiger partial charge in [0.2, 0.25) is 5.95 Å². The average molecular weight is 237 g/mol. The fourth-order valence-corrected chi connectivity index (χ4v) is 2.54. The Kier molecular flexibility index (Phi) is 3.66. The molecule has 1 aromatic heterocycles. The van der Waals surface area contributed by atoms with Gasteiger partial charge in [-0.3, -0.25) is 4.79 Å². The van der Waals surface area contributed by atoms with Crippen molar-refractivity contribution < 1.29 is 9.90 Å². The zero-order chi connectivity index (χ0) is 12.3. The van der Waals surface area contributed by atoms with Gasteiger partial charge in [-0.2, -0.15) is 0 Å². The van der Waals surface area contributed by atoms with Crippen LogP contribution in [-0.2, 0) is 11.8 Å². The molecule has 5 heteroatoms. The van der Waals surface area contributed by atoms with Crippen molar-refractivity contribution in [1.82, 2.24) is 9.55 Å². The first kappa shape index (κ1) is 12.0. The lowest BCUT2D eigenvalue weighted by Crippen LogP contribution is -2.32. The van der Waals surface area contributed by atoms with Crippen LogP contribution in [0.2, 0.25) is 0 Å². The largest absolute Gasteiger partial charge is 0.481 e. The number of hydrogen-bond acceptors (Lipinski definition) is 3. The maximum Gasteiger partial charge on any atom is 0.306 e. The number of aryl methyl sites for hydroxylation is 1. The van der Waals surface area contributed by atoms with E-state index in [1.54, 1.807) is 6.20 Å². The number of aromatic nitrogens is 2. The molecule has 1 saturated carbocycles. The van der Waals surface area contributed by atoms with Gasteiger partial charge in [-0.15, -0.1) is 0 Å². The van der Waals surface area contributed by atoms with Crippen LogP contribution >= 0.6 is 0 Å². The van der Waals surface area contributed by atoms with Gasteiger partial charge in [-0.05, 0) is 18.8 Å². The van der Waals surface area contributed by atoms with Crippen molar-refractivity contribution >= 4 is 11.9 Å². The molecule has 1 heterocycles. The van der Waals surface area contributed by atoms with Gasteiger partial charge < -0.3 is 15.0 Å². The number of aliphatic carboxylic acids is 1. The van der Waals surface area contributed by atoms with E-state index in [4.69, 9.17) is 0 Å². The smallest absolute Gasteiger partial charge is 0.306 e. The highest BCUT2D eigenvalue weighted by atomic mass is 16.4. The topological polar surface area (TPSA) is 67.2 Å². The summed E-state index contributed by atoms with van der Waals surface area (Å²) in [5.74, 6) is 0.172. The molecule has 1 aliphatic carbocycles. The molecule has 2 rings (SSSR count). The Balaban J connectivity index is 1.92. The molecule has 0 aromatic carbocycles. The van der Waals surface area contributed by atoms with Gasteiger partial charge in [0, 0.05) is 26.0 Å². The van der Waals surface area contributed by atoms with Crippen LogP contribution in [0.1, 0.15) is 25.7 Å². The van der Waals surface area contributed by atoms with Gasteiger partial charge in [0.1, 0.15) is 0 Å². The normalized spacial score (nSPS) is 24.5. The minimum atomic E-state index is -0.656. The van der Waals surface area contributed by atoms with E-state index in [1.165, 1.54) is 0 Å². The lowest BCUT2D eigenvalue weighted by atomic mass is 9.79. The van der Waals surface area contributed by atoms with E-state index >= 15 is 0 Å². The lowest BCUT2D eigenvalue weighted by molar-refractivity contribution is -0.144. The quantitative estimate of drug-likeness (QED) is 0.836. The number of carbonyl (C=O) groups is 1. The summed E-state index contributed by atoms with van der Waals surface area (Å²) in [7, 11) is 1.92. The molecule has 1 aromatic rings. The average Bonchev–Trinajstić information content (AvgIpc) is 2.72. The first-order chi connectivity index (χ1) is 8.18. The third-order valence-electron chi connectivity index (χ3n) is 3.57. The summed E-state index contributed by atoms with van der Waals surface area (Å²) >= 11 is 0. The molecule has 0 bridgehead atoms. The molecule has 94 valence electrons. The Labute approximate surface area is 101 Å². The number of carboxylic acids is 1. The first-order valence-electron chi connectivity index (χ1n) is 6.12. The van der Waals surface area contributed by atoms with E-state index in [9.17, 15) is 9.90 Å². The second-order valence-electron chi connectivity index (χ2n) is 4.73. The maximum atomic E-state index is 11.1. The molecule has 2 atom stereocenters. The van der Waals surface area contributed by atoms with Crippen molar-refractivity contribution in [1.29, 1.82) is 0 Å². The fourth-order valence-electron chi connectivity index (χ4n) is 2.54. The summed E-state index contributed by atoms with van der Waals surface area (Å²) in [6.07, 6.45) is 7.58. The van der Waals surface area contributed by atoms with E-state index in [1.807, 2.05) is 17.8 Å². The van der Waals surface area contributed by atoms with Gasteiger partial charge in [0.05, 0.1) is 5.92 Å². The summed E-state index contributed by atoms with van der Waals surface area (Å²) in [6, 6.07) is 0. The second-order valence-corrected chi connectivity index (χ2v) is 4.73. The Bertz CT molecular complexity index is 389. The minimum Gasteiger partial charge on any atom is -0.481 e. The number of carboxylic acid groups (broad SMARTS) is 1. The summed E-state index contributed by atoms with van der Waals surface area (Å²) in [5.41, 5.74) is 0. The number of imidazole rings is 1. The van der Waals surface area contributed by atoms with Crippen LogP contribution in [0, 0.1) is 11.8 Å². The predicted octanol–water partition coefficient (Wildman–Crippen LogP) is 1.72. The number of hydrogen-bond donors (Lipinski definition) is 2. The maximum absolute atomic E-state index is 11.1. The Morgan fingerprint density at radius 3 is 3.00 bits per heavy atom. The monoisotopic (exact) mass is 237 g/mol. The van der Waals surface area contributed by atoms with Crippen LogP contribution in [0.25, 0.3) is 0 Å². The summed E-state index contributed by atoms with van der Waals surface area (Å²) in [5, 5.41) is 12.4. The molecular formula is C12H19N3O2. The van der Waals surface area contributed by atoms with Gasteiger partial charge in [-0.1, -0.05) is 12.8 Å². The number of nitrogens with zero attached hydrogens (tertiary/aromatic N) is 2. The predicted molar refractivity (Wildman–Crippen MR) is 64.8 cm³/mol. The molecule has 0 amide bonds. The van der Waals surface area contributed by atoms with E-state index < -0.39 is 5.97 Å². The Hall–Kier alpha value is -1.52. The van der Waals surface area contributed by atoms with Crippen molar-refractivity contribution in [3.05, 3.63) is 12.4 Å². The third kappa shape index (κ3) is 2.78. The molecule has 0 spiro atoms. The van der Waals surface area contributed by atoms with Crippen LogP contribution < -0.4 is 5.32 Å². The van der Waals surface area contributed by atoms with Crippen molar-refractivity contribution in [2.75, 3.05) is 11.9 Å². The molecule has 17 heavy (non-hydrogen) atoms. The van der Waals surface area contributed by atoms with E-state index in [2.05, 4.69) is 10.3 Å². The van der Waals surface area contributed by atoms with Crippen molar-refractivity contribution in [3.8, 4) is 0 Å². The van der Waals surface area contributed by atoms with Crippen molar-refractivity contribution in [3.63, 3.8) is 0 Å². The van der Waals surface area contributed by atoms with Crippen LogP contribution in [0.4, 0.5) is 5.95 Å². The first-order valence-corrected chi connectivity index (χ1v) is 6.12. The summed E-state index contributed by atoms with van der Waals surface area (Å²) in [6.45, 7) is 0.696. The molecule has 2 unspecified atom stereocenters. The zero-order valence-corrected chi connectivity index (χ0v) is 10.1. The number of rotatable bonds is 4. The van der Waals surface area contributed by atoms with Crippen molar-refractivity contribution in [2.45, 2.75) is 25.7 Å². The fraction of sp³-hybridized carbons (Fsp3) is 0.667. The molecule has 2 N–H and O–H groups in total. The highest BCUT2D eigenvalue weighted by Gasteiger charge is 2.30. The second kappa shape index (κ2) is 5.21. The number of anilines is 1. The standard InChI is InChI=1S/C12H19N3O2/c1-15-7-6-13-12(15)14-8-9-4-2-3-5-10(9)11(16)17/h6-7,9-10H,2-5,8H2,1H3,(H,13,14)(H,16,17). The number of nitrogens with one attached hydrogen (secondary N) is 1. The van der Waals surface area contributed by atoms with Crippen LogP contribution in [0.5, 0.6) is 0 Å². The summed E-state index contributed by atoms with van der Waals surface area (Å²) < 4.78 is 1.90. The van der Waals surface area contributed by atoms with E-state index in [0.717, 1.165) is 31.6 Å². The molecule has 5 nitrogen and oxygen atoms in total. The van der Waals surface area contributed by atoms with Gasteiger partial charge in [0.15, 0.2) is 0 Å². The molecule has 0 radical (unpaired) electrons. The van der Waals surface area contributed by atoms with E-state index in [0.29, 0.717) is 6.54 Å². The Morgan fingerprint density at radius 2 is 2.35 bits per heavy atom. The van der Waals surface area contributed by atoms with Crippen LogP contribution in [-0.4, -0.2) is 27.2 Å². The summed E-state index contributed by atoms with van der Waals surface area (Å²) in [4.78, 5) is 15.3. The Morgan fingerprint density at radius 1 is 1.59 bits per heavy atom. The van der Waals surface area contributed by atoms with E-state index in [-0.39, 0.29) is 11.8 Å². The van der Waals surface area contributed by atoms with Crippen LogP contribution in [0.15, 0.2) is 12.4 Å². The van der Waals surface area contributed by atoms with Gasteiger partial charge >= 0.3 is 5.97 Å². The molecule has 0 aliphatic heterocycles. The SMILES string of the molecule is Cn1ccnc1NCC1CCCCC1C(=O)O.